The van der Waals surface area contributed by atoms with E-state index in [0.29, 0.717) is 13.1 Å². The van der Waals surface area contributed by atoms with E-state index in [0.717, 1.165) is 12.5 Å². The van der Waals surface area contributed by atoms with E-state index in [9.17, 15) is 26.0 Å². The van der Waals surface area contributed by atoms with Crippen molar-refractivity contribution < 1.29 is 26.0 Å². The van der Waals surface area contributed by atoms with E-state index >= 15 is 0 Å². The molecule has 0 aromatic heterocycles. The average Bonchev–Trinajstić information content (AvgIpc) is 3.04. The Morgan fingerprint density at radius 3 is 2.41 bits per heavy atom. The molecule has 0 atom stereocenters. The molecule has 2 aliphatic rings. The first kappa shape index (κ1) is 22.9. The van der Waals surface area contributed by atoms with Gasteiger partial charge in [0.25, 0.3) is 5.92 Å². The minimum Gasteiger partial charge on any atom is -0.395 e. The van der Waals surface area contributed by atoms with E-state index in [4.69, 9.17) is 5.73 Å². The quantitative estimate of drug-likeness (QED) is 0.282. The minimum atomic E-state index is -3.77. The number of hydrogen-bond donors (Lipinski definition) is 1. The molecule has 2 aromatic rings. The van der Waals surface area contributed by atoms with Gasteiger partial charge < -0.3 is 10.6 Å². The number of nitrogens with zero attached hydrogens (tertiary/aromatic N) is 2. The smallest absolute Gasteiger partial charge is 0.266 e. The summed E-state index contributed by atoms with van der Waals surface area (Å²) in [5, 5.41) is 0. The summed E-state index contributed by atoms with van der Waals surface area (Å²) in [5.74, 6) is 0.437. The molecular weight excluding hydrogens is 514 g/mol. The van der Waals surface area contributed by atoms with Crippen LogP contribution in [0.1, 0.15) is 24.0 Å². The van der Waals surface area contributed by atoms with E-state index in [2.05, 4.69) is 27.8 Å². The first-order valence-electron chi connectivity index (χ1n) is 9.71. The Morgan fingerprint density at radius 2 is 1.81 bits per heavy atom. The maximum absolute atomic E-state index is 14.5. The van der Waals surface area contributed by atoms with Gasteiger partial charge in [0.2, 0.25) is 10.0 Å². The normalized spacial score (nSPS) is 18.2. The number of nitrogen functional groups attached to an aromatic ring is 1. The highest BCUT2D eigenvalue weighted by molar-refractivity contribution is 9.10. The number of benzene rings is 2. The summed E-state index contributed by atoms with van der Waals surface area (Å²) in [5.41, 5.74) is 5.10. The van der Waals surface area contributed by atoms with Crippen LogP contribution in [0.25, 0.3) is 0 Å². The number of nitrogens with two attached hydrogens (primary N) is 1. The topological polar surface area (TPSA) is 66.6 Å². The van der Waals surface area contributed by atoms with Crippen LogP contribution in [0.5, 0.6) is 0 Å². The van der Waals surface area contributed by atoms with Crippen LogP contribution in [0.3, 0.4) is 0 Å². The lowest BCUT2D eigenvalue weighted by Gasteiger charge is -2.30. The minimum absolute atomic E-state index is 0.0436. The van der Waals surface area contributed by atoms with Crippen molar-refractivity contribution in [3.05, 3.63) is 51.5 Å². The van der Waals surface area contributed by atoms with Crippen molar-refractivity contribution in [2.24, 2.45) is 0 Å². The van der Waals surface area contributed by atoms with Gasteiger partial charge in [-0.2, -0.15) is 4.31 Å². The SMILES string of the molecule is Nc1c(F)cc(Br)c(F)c1C#Cc1cc(S(=O)(=O)N2CCC2)ccc1N1CCC(F)(F)C1. The largest absolute Gasteiger partial charge is 0.395 e. The standard InChI is InChI=1S/C21H18BrF4N3O2S/c22-16-11-17(23)20(27)15(19(16)24)4-2-13-10-14(32(30,31)29-7-1-8-29)3-5-18(13)28-9-6-21(25,26)12-28/h3,5,10-11H,1,6-9,12,27H2. The lowest BCUT2D eigenvalue weighted by molar-refractivity contribution is 0.0257. The van der Waals surface area contributed by atoms with Crippen molar-refractivity contribution >= 4 is 37.3 Å². The molecule has 0 bridgehead atoms. The number of sulfonamides is 1. The summed E-state index contributed by atoms with van der Waals surface area (Å²) in [6.07, 6.45) is 0.395. The van der Waals surface area contributed by atoms with E-state index in [-0.39, 0.29) is 33.6 Å². The molecule has 2 aliphatic heterocycles. The molecule has 32 heavy (non-hydrogen) atoms. The Hall–Kier alpha value is -2.29. The lowest BCUT2D eigenvalue weighted by atomic mass is 10.1. The predicted octanol–water partition coefficient (Wildman–Crippen LogP) is 3.95. The second-order valence-electron chi connectivity index (χ2n) is 7.66. The average molecular weight is 532 g/mol. The Balaban J connectivity index is 1.83. The highest BCUT2D eigenvalue weighted by atomic mass is 79.9. The molecule has 0 spiro atoms. The Bertz CT molecular complexity index is 1230. The molecule has 0 unspecified atom stereocenters. The maximum atomic E-state index is 14.5. The summed E-state index contributed by atoms with van der Waals surface area (Å²) in [6.45, 7) is 0.273. The van der Waals surface area contributed by atoms with Crippen LogP contribution in [0, 0.1) is 23.5 Å². The molecule has 2 N–H and O–H groups in total. The predicted molar refractivity (Wildman–Crippen MR) is 116 cm³/mol. The molecule has 0 saturated carbocycles. The van der Waals surface area contributed by atoms with Gasteiger partial charge in [-0.3, -0.25) is 0 Å². The molecule has 0 radical (unpaired) electrons. The summed E-state index contributed by atoms with van der Waals surface area (Å²) in [4.78, 5) is 1.34. The Labute approximate surface area is 191 Å². The summed E-state index contributed by atoms with van der Waals surface area (Å²) < 4.78 is 82.7. The number of hydrogen-bond acceptors (Lipinski definition) is 4. The summed E-state index contributed by atoms with van der Waals surface area (Å²) >= 11 is 2.89. The third-order valence-corrected chi connectivity index (χ3v) is 7.93. The molecule has 4 rings (SSSR count). The first-order chi connectivity index (χ1) is 15.0. The van der Waals surface area contributed by atoms with Crippen LogP contribution in [0.4, 0.5) is 28.9 Å². The molecule has 170 valence electrons. The van der Waals surface area contributed by atoms with Crippen LogP contribution < -0.4 is 10.6 Å². The molecule has 2 fully saturated rings. The van der Waals surface area contributed by atoms with Gasteiger partial charge in [-0.25, -0.2) is 26.0 Å². The molecule has 0 aliphatic carbocycles. The number of alkyl halides is 2. The Morgan fingerprint density at radius 1 is 1.09 bits per heavy atom. The molecule has 2 saturated heterocycles. The molecule has 2 heterocycles. The van der Waals surface area contributed by atoms with Gasteiger partial charge in [-0.1, -0.05) is 11.8 Å². The molecule has 5 nitrogen and oxygen atoms in total. The summed E-state index contributed by atoms with van der Waals surface area (Å²) in [7, 11) is -3.77. The molecule has 11 heteroatoms. The van der Waals surface area contributed by atoms with Gasteiger partial charge in [-0.05, 0) is 46.6 Å². The summed E-state index contributed by atoms with van der Waals surface area (Å²) in [6, 6.07) is 4.90. The van der Waals surface area contributed by atoms with E-state index < -0.39 is 45.4 Å². The lowest BCUT2D eigenvalue weighted by Crippen LogP contribution is -2.41. The third kappa shape index (κ3) is 4.19. The van der Waals surface area contributed by atoms with Gasteiger partial charge in [0.05, 0.1) is 32.9 Å². The second-order valence-corrected chi connectivity index (χ2v) is 10.4. The van der Waals surface area contributed by atoms with Gasteiger partial charge in [0.15, 0.2) is 5.82 Å². The number of halogens is 5. The Kier molecular flexibility index (Phi) is 5.90. The van der Waals surface area contributed by atoms with Gasteiger partial charge in [-0.15, -0.1) is 0 Å². The zero-order chi connectivity index (χ0) is 23.3. The van der Waals surface area contributed by atoms with Gasteiger partial charge in [0.1, 0.15) is 5.82 Å². The van der Waals surface area contributed by atoms with Crippen molar-refractivity contribution in [1.82, 2.24) is 4.31 Å². The van der Waals surface area contributed by atoms with E-state index in [1.165, 1.54) is 27.4 Å². The highest BCUT2D eigenvalue weighted by Gasteiger charge is 2.39. The van der Waals surface area contributed by atoms with Crippen LogP contribution in [0.2, 0.25) is 0 Å². The van der Waals surface area contributed by atoms with E-state index in [1.807, 2.05) is 0 Å². The monoisotopic (exact) mass is 531 g/mol. The van der Waals surface area contributed by atoms with Crippen LogP contribution in [-0.2, 0) is 10.0 Å². The van der Waals surface area contributed by atoms with Crippen LogP contribution in [-0.4, -0.2) is 44.8 Å². The third-order valence-electron chi connectivity index (χ3n) is 5.46. The van der Waals surface area contributed by atoms with Gasteiger partial charge >= 0.3 is 0 Å². The fourth-order valence-corrected chi connectivity index (χ4v) is 5.47. The first-order valence-corrected chi connectivity index (χ1v) is 11.9. The van der Waals surface area contributed by atoms with Crippen LogP contribution >= 0.6 is 15.9 Å². The van der Waals surface area contributed by atoms with Crippen molar-refractivity contribution in [1.29, 1.82) is 0 Å². The highest BCUT2D eigenvalue weighted by Crippen LogP contribution is 2.34. The maximum Gasteiger partial charge on any atom is 0.266 e. The molecular formula is C21H18BrF4N3O2S. The van der Waals surface area contributed by atoms with Crippen molar-refractivity contribution in [2.75, 3.05) is 36.8 Å². The second kappa shape index (κ2) is 8.24. The van der Waals surface area contributed by atoms with Gasteiger partial charge in [0, 0.05) is 31.6 Å². The van der Waals surface area contributed by atoms with E-state index in [1.54, 1.807) is 0 Å². The molecule has 0 amide bonds. The molecule has 2 aromatic carbocycles. The zero-order valence-electron chi connectivity index (χ0n) is 16.6. The van der Waals surface area contributed by atoms with Crippen LogP contribution in [0.15, 0.2) is 33.6 Å². The zero-order valence-corrected chi connectivity index (χ0v) is 19.0. The van der Waals surface area contributed by atoms with Crippen molar-refractivity contribution in [3.8, 4) is 11.8 Å². The van der Waals surface area contributed by atoms with Crippen molar-refractivity contribution in [3.63, 3.8) is 0 Å². The number of rotatable bonds is 3. The van der Waals surface area contributed by atoms with Crippen molar-refractivity contribution in [2.45, 2.75) is 23.7 Å². The number of anilines is 2. The fraction of sp³-hybridized carbons (Fsp3) is 0.333. The fourth-order valence-electron chi connectivity index (χ4n) is 3.53.